The van der Waals surface area contributed by atoms with E-state index in [1.165, 1.54) is 89.9 Å². The Morgan fingerprint density at radius 2 is 0.783 bits per heavy atom. The number of hydrogen-bond acceptors (Lipinski definition) is 10. The van der Waals surface area contributed by atoms with E-state index in [0.717, 1.165) is 64.2 Å². The first-order chi connectivity index (χ1) is 28.4. The molecule has 2 saturated heterocycles. The van der Waals surface area contributed by atoms with Crippen LogP contribution in [0.5, 0.6) is 0 Å². The van der Waals surface area contributed by atoms with E-state index in [-0.39, 0.29) is 35.2 Å². The summed E-state index contributed by atoms with van der Waals surface area (Å²) < 4.78 is 24.3. The molecule has 2 aliphatic heterocycles. The number of piperidine rings is 2. The monoisotopic (exact) mass is 853 g/mol. The fraction of sp³-hybridized carbons (Fsp3) is 0.960. The highest BCUT2D eigenvalue weighted by Crippen LogP contribution is 2.42. The maximum absolute atomic E-state index is 12.6. The lowest BCUT2D eigenvalue weighted by Gasteiger charge is -2.55. The van der Waals surface area contributed by atoms with Crippen LogP contribution in [0.4, 0.5) is 0 Å². The number of rotatable bonds is 33. The minimum Gasteiger partial charge on any atom is -0.436 e. The Labute approximate surface area is 369 Å². The van der Waals surface area contributed by atoms with Gasteiger partial charge < -0.3 is 18.9 Å². The van der Waals surface area contributed by atoms with Crippen molar-refractivity contribution >= 4 is 11.9 Å². The molecule has 0 aliphatic carbocycles. The second-order valence-corrected chi connectivity index (χ2v) is 20.5. The average Bonchev–Trinajstić information content (AvgIpc) is 3.16. The average molecular weight is 853 g/mol. The van der Waals surface area contributed by atoms with Crippen molar-refractivity contribution in [1.29, 1.82) is 0 Å². The summed E-state index contributed by atoms with van der Waals surface area (Å²) in [6.07, 6.45) is 26.5. The molecule has 0 aromatic heterocycles. The summed E-state index contributed by atoms with van der Waals surface area (Å²) in [7, 11) is 0. The second kappa shape index (κ2) is 28.5. The molecule has 2 heterocycles. The highest BCUT2D eigenvalue weighted by molar-refractivity contribution is 5.69. The third-order valence-electron chi connectivity index (χ3n) is 13.0. The van der Waals surface area contributed by atoms with Crippen LogP contribution in [-0.4, -0.2) is 82.2 Å². The van der Waals surface area contributed by atoms with Gasteiger partial charge in [0.15, 0.2) is 0 Å². The van der Waals surface area contributed by atoms with E-state index < -0.39 is 23.7 Å². The van der Waals surface area contributed by atoms with Gasteiger partial charge in [0, 0.05) is 23.9 Å². The Balaban J connectivity index is 1.75. The van der Waals surface area contributed by atoms with Gasteiger partial charge in [0.25, 0.3) is 0 Å². The van der Waals surface area contributed by atoms with E-state index in [1.807, 2.05) is 13.8 Å². The van der Waals surface area contributed by atoms with Crippen molar-refractivity contribution in [2.75, 3.05) is 13.2 Å². The number of hydrogen-bond donors (Lipinski definition) is 0. The highest BCUT2D eigenvalue weighted by atomic mass is 16.7. The first-order valence-electron chi connectivity index (χ1n) is 24.9. The molecule has 0 bridgehead atoms. The topological polar surface area (TPSA) is 96.0 Å². The molecule has 0 amide bonds. The van der Waals surface area contributed by atoms with Crippen LogP contribution in [0.2, 0.25) is 0 Å². The van der Waals surface area contributed by atoms with Crippen molar-refractivity contribution in [1.82, 2.24) is 10.1 Å². The Kier molecular flexibility index (Phi) is 26.0. The summed E-state index contributed by atoms with van der Waals surface area (Å²) in [6.45, 7) is 26.8. The molecule has 60 heavy (non-hydrogen) atoms. The highest BCUT2D eigenvalue weighted by Gasteiger charge is 2.51. The molecule has 0 N–H and O–H groups in total. The molecular formula is C50H96N2O8. The van der Waals surface area contributed by atoms with E-state index in [9.17, 15) is 9.59 Å². The first-order valence-corrected chi connectivity index (χ1v) is 24.9. The summed E-state index contributed by atoms with van der Waals surface area (Å²) in [6, 6.07) is 0. The maximum atomic E-state index is 12.6. The fourth-order valence-corrected chi connectivity index (χ4v) is 9.53. The van der Waals surface area contributed by atoms with Crippen molar-refractivity contribution in [3.05, 3.63) is 0 Å². The van der Waals surface area contributed by atoms with Crippen LogP contribution in [0.15, 0.2) is 0 Å². The third kappa shape index (κ3) is 20.0. The zero-order valence-electron chi connectivity index (χ0n) is 41.3. The first kappa shape index (κ1) is 54.8. The number of hydroxylamine groups is 4. The van der Waals surface area contributed by atoms with Gasteiger partial charge in [0.2, 0.25) is 12.6 Å². The summed E-state index contributed by atoms with van der Waals surface area (Å²) >= 11 is 0. The number of esters is 2. The van der Waals surface area contributed by atoms with Gasteiger partial charge in [-0.15, -0.1) is 0 Å². The van der Waals surface area contributed by atoms with Crippen LogP contribution in [-0.2, 0) is 38.2 Å². The van der Waals surface area contributed by atoms with Gasteiger partial charge in [0.1, 0.15) is 0 Å². The molecule has 2 aliphatic rings. The SMILES string of the molecule is CCCCCCCCCCCC(=O)OC(C)OC1CCC(C)(C)N(OCCCCON2C(C)(C)CCC(OC(C)OC(=O)CCCCCCCCCCC)C2(C)C)C1(C)C. The molecule has 10 nitrogen and oxygen atoms in total. The van der Waals surface area contributed by atoms with E-state index in [4.69, 9.17) is 28.6 Å². The lowest BCUT2D eigenvalue weighted by atomic mass is 9.79. The van der Waals surface area contributed by atoms with Crippen molar-refractivity contribution in [2.45, 2.75) is 297 Å². The second-order valence-electron chi connectivity index (χ2n) is 20.5. The summed E-state index contributed by atoms with van der Waals surface area (Å²) in [4.78, 5) is 38.4. The predicted octanol–water partition coefficient (Wildman–Crippen LogP) is 13.3. The molecule has 0 aromatic rings. The molecule has 4 unspecified atom stereocenters. The van der Waals surface area contributed by atoms with Crippen LogP contribution >= 0.6 is 0 Å². The Morgan fingerprint density at radius 1 is 0.483 bits per heavy atom. The minimum absolute atomic E-state index is 0.144. The van der Waals surface area contributed by atoms with Gasteiger partial charge in [-0.25, -0.2) is 0 Å². The lowest BCUT2D eigenvalue weighted by Crippen LogP contribution is -2.65. The molecule has 4 atom stereocenters. The van der Waals surface area contributed by atoms with Crippen molar-refractivity contribution in [3.63, 3.8) is 0 Å². The molecule has 0 saturated carbocycles. The largest absolute Gasteiger partial charge is 0.436 e. The van der Waals surface area contributed by atoms with Crippen LogP contribution in [0, 0.1) is 0 Å². The molecule has 0 aromatic carbocycles. The minimum atomic E-state index is -0.610. The molecule has 2 rings (SSSR count). The number of unbranched alkanes of at least 4 members (excludes halogenated alkanes) is 17. The molecule has 2 fully saturated rings. The molecule has 0 radical (unpaired) electrons. The van der Waals surface area contributed by atoms with Crippen molar-refractivity contribution in [2.24, 2.45) is 0 Å². The smallest absolute Gasteiger partial charge is 0.308 e. The van der Waals surface area contributed by atoms with Crippen molar-refractivity contribution in [3.8, 4) is 0 Å². The van der Waals surface area contributed by atoms with E-state index in [1.54, 1.807) is 0 Å². The van der Waals surface area contributed by atoms with Crippen LogP contribution in [0.3, 0.4) is 0 Å². The summed E-state index contributed by atoms with van der Waals surface area (Å²) in [5.41, 5.74) is -1.20. The standard InChI is InChI=1S/C50H96N2O8/c1-13-15-17-19-21-23-25-27-29-33-45(53)59-41(3)57-43-35-37-47(5,6)51(49(43,9)10)55-39-31-32-40-56-52-48(7,8)38-36-44(50(52,11)12)58-42(4)60-46(54)34-30-28-26-24-22-20-18-16-14-2/h41-44H,13-40H2,1-12H3. The molecule has 10 heteroatoms. The Hall–Kier alpha value is -1.30. The van der Waals surface area contributed by atoms with E-state index in [2.05, 4.69) is 79.4 Å². The number of carbonyl (C=O) groups is 2. The molecule has 0 spiro atoms. The van der Waals surface area contributed by atoms with Crippen LogP contribution in [0.1, 0.15) is 250 Å². The van der Waals surface area contributed by atoms with Crippen LogP contribution in [0.25, 0.3) is 0 Å². The predicted molar refractivity (Wildman–Crippen MR) is 244 cm³/mol. The normalized spacial score (nSPS) is 22.3. The van der Waals surface area contributed by atoms with Gasteiger partial charge in [-0.1, -0.05) is 117 Å². The van der Waals surface area contributed by atoms with E-state index in [0.29, 0.717) is 26.1 Å². The summed E-state index contributed by atoms with van der Waals surface area (Å²) in [5.74, 6) is -0.354. The molecular weight excluding hydrogens is 757 g/mol. The fourth-order valence-electron chi connectivity index (χ4n) is 9.53. The Bertz CT molecular complexity index is 1070. The number of nitrogens with zero attached hydrogens (tertiary/aromatic N) is 2. The maximum Gasteiger partial charge on any atom is 0.308 e. The Morgan fingerprint density at radius 3 is 1.10 bits per heavy atom. The third-order valence-corrected chi connectivity index (χ3v) is 13.0. The lowest BCUT2D eigenvalue weighted by molar-refractivity contribution is -0.324. The quantitative estimate of drug-likeness (QED) is 0.0361. The molecule has 354 valence electrons. The van der Waals surface area contributed by atoms with Gasteiger partial charge in [-0.05, 0) is 121 Å². The summed E-state index contributed by atoms with van der Waals surface area (Å²) in [5, 5.41) is 4.24. The number of carbonyl (C=O) groups excluding carboxylic acids is 2. The zero-order valence-corrected chi connectivity index (χ0v) is 41.3. The number of ether oxygens (including phenoxy) is 4. The zero-order chi connectivity index (χ0) is 44.7. The van der Waals surface area contributed by atoms with E-state index >= 15 is 0 Å². The van der Waals surface area contributed by atoms with Gasteiger partial charge in [-0.3, -0.25) is 19.3 Å². The van der Waals surface area contributed by atoms with Gasteiger partial charge >= 0.3 is 11.9 Å². The van der Waals surface area contributed by atoms with Crippen LogP contribution < -0.4 is 0 Å². The van der Waals surface area contributed by atoms with Gasteiger partial charge in [0.05, 0.1) is 36.5 Å². The van der Waals surface area contributed by atoms with Gasteiger partial charge in [-0.2, -0.15) is 10.1 Å². The van der Waals surface area contributed by atoms with Crippen molar-refractivity contribution < 1.29 is 38.2 Å².